The Bertz CT molecular complexity index is 1670. The minimum absolute atomic E-state index is 0.128. The minimum Gasteiger partial charge on any atom is -0.507 e. The van der Waals surface area contributed by atoms with Gasteiger partial charge in [-0.1, -0.05) is 52.0 Å². The van der Waals surface area contributed by atoms with Crippen LogP contribution in [0, 0.1) is 36.5 Å². The van der Waals surface area contributed by atoms with Gasteiger partial charge in [-0.3, -0.25) is 24.0 Å². The van der Waals surface area contributed by atoms with Crippen LogP contribution in [0.5, 0.6) is 11.5 Å². The van der Waals surface area contributed by atoms with E-state index in [1.165, 1.54) is 32.9 Å². The summed E-state index contributed by atoms with van der Waals surface area (Å²) >= 11 is 0. The standard InChI is InChI=1S/C35H41NO11/c1-13-9-8-10-14(2)34(45)36-21-12-22(37)23-24(30(42)17(5)31(43)25(23)32(21)44)27(39)15(3)11-20-29(41)19(7)33(47-35(20)46)18(6)28(40)16(4)26(13)38/h8-13,16,18-20,26,28-29,33,38,40-43H,1-7H3,(H,36,45)/b9-8?,14-10-,15-11?/t13-,16+,18-,19?,20?,26+,28-,29?,33?/m0/s1. The Kier molecular flexibility index (Phi) is 10.1. The molecular weight excluding hydrogens is 610 g/mol. The van der Waals surface area contributed by atoms with Gasteiger partial charge in [-0.25, -0.2) is 0 Å². The van der Waals surface area contributed by atoms with E-state index >= 15 is 0 Å². The van der Waals surface area contributed by atoms with Crippen LogP contribution in [0.2, 0.25) is 0 Å². The number of aliphatic hydroxyl groups is 3. The molecule has 4 aliphatic heterocycles. The average Bonchev–Trinajstić information content (AvgIpc) is 3.03. The van der Waals surface area contributed by atoms with E-state index in [9.17, 15) is 49.5 Å². The topological polar surface area (TPSA) is 208 Å². The maximum atomic E-state index is 13.8. The SMILES string of the molecule is CC1=CC2C(=O)OC(C(C)C2O)[C@@H](C)[C@@H](O)[C@H](C)[C@H](O)[C@@H](C)C=C/C=C(/C)C(=O)NC2=CC(=O)c3c(c(O)c(C)c(O)c3C2=O)C1=O. The number of aliphatic hydroxyl groups excluding tert-OH is 3. The predicted molar refractivity (Wildman–Crippen MR) is 168 cm³/mol. The molecule has 6 N–H and O–H groups in total. The van der Waals surface area contributed by atoms with Crippen LogP contribution >= 0.6 is 0 Å². The van der Waals surface area contributed by atoms with Crippen LogP contribution in [-0.2, 0) is 14.3 Å². The molecule has 252 valence electrons. The molecule has 0 saturated carbocycles. The van der Waals surface area contributed by atoms with Crippen LogP contribution in [0.15, 0.2) is 47.2 Å². The number of hydrogen-bond acceptors (Lipinski definition) is 11. The van der Waals surface area contributed by atoms with Gasteiger partial charge in [0, 0.05) is 40.9 Å². The zero-order valence-corrected chi connectivity index (χ0v) is 27.3. The van der Waals surface area contributed by atoms with Crippen molar-refractivity contribution in [2.45, 2.75) is 72.9 Å². The monoisotopic (exact) mass is 651 g/mol. The molecule has 1 aromatic carbocycles. The third-order valence-electron chi connectivity index (χ3n) is 9.68. The van der Waals surface area contributed by atoms with Crippen molar-refractivity contribution in [3.05, 3.63) is 69.5 Å². The fourth-order valence-corrected chi connectivity index (χ4v) is 6.45. The number of benzene rings is 1. The van der Waals surface area contributed by atoms with Crippen LogP contribution in [0.4, 0.5) is 0 Å². The molecule has 5 aliphatic rings. The van der Waals surface area contributed by atoms with E-state index in [1.807, 2.05) is 0 Å². The van der Waals surface area contributed by atoms with E-state index in [0.29, 0.717) is 0 Å². The molecule has 1 amide bonds. The molecule has 9 atom stereocenters. The number of phenols is 2. The fourth-order valence-electron chi connectivity index (χ4n) is 6.45. The summed E-state index contributed by atoms with van der Waals surface area (Å²) in [6.07, 6.45) is 2.00. The number of ketones is 3. The number of phenolic OH excluding ortho intramolecular Hbond substituents is 2. The number of carbonyl (C=O) groups is 5. The predicted octanol–water partition coefficient (Wildman–Crippen LogP) is 2.60. The first-order valence-corrected chi connectivity index (χ1v) is 15.4. The normalized spacial score (nSPS) is 33.5. The van der Waals surface area contributed by atoms with Gasteiger partial charge in [-0.15, -0.1) is 0 Å². The van der Waals surface area contributed by atoms with Crippen molar-refractivity contribution >= 4 is 29.2 Å². The summed E-state index contributed by atoms with van der Waals surface area (Å²) in [5.74, 6) is -9.98. The third-order valence-corrected chi connectivity index (χ3v) is 9.68. The molecule has 1 aliphatic carbocycles. The summed E-state index contributed by atoms with van der Waals surface area (Å²) in [7, 11) is 0. The van der Waals surface area contributed by atoms with E-state index in [1.54, 1.807) is 33.8 Å². The Labute approximate surface area is 272 Å². The minimum atomic E-state index is -1.36. The quantitative estimate of drug-likeness (QED) is 0.225. The molecule has 47 heavy (non-hydrogen) atoms. The molecule has 6 bridgehead atoms. The number of amides is 1. The number of hydrogen-bond donors (Lipinski definition) is 6. The van der Waals surface area contributed by atoms with Crippen molar-refractivity contribution in [3.8, 4) is 11.5 Å². The zero-order chi connectivity index (χ0) is 35.2. The Morgan fingerprint density at radius 1 is 0.723 bits per heavy atom. The first-order chi connectivity index (χ1) is 21.9. The maximum absolute atomic E-state index is 13.8. The molecule has 0 spiro atoms. The van der Waals surface area contributed by atoms with E-state index in [-0.39, 0.29) is 16.7 Å². The van der Waals surface area contributed by atoms with Gasteiger partial charge in [-0.05, 0) is 26.3 Å². The van der Waals surface area contributed by atoms with Crippen molar-refractivity contribution in [2.75, 3.05) is 0 Å². The number of esters is 1. The van der Waals surface area contributed by atoms with E-state index in [2.05, 4.69) is 5.32 Å². The van der Waals surface area contributed by atoms with Gasteiger partial charge in [-0.2, -0.15) is 0 Å². The highest BCUT2D eigenvalue weighted by Gasteiger charge is 2.47. The van der Waals surface area contributed by atoms with Gasteiger partial charge in [0.2, 0.25) is 5.78 Å². The molecule has 1 saturated heterocycles. The van der Waals surface area contributed by atoms with Gasteiger partial charge in [0.15, 0.2) is 11.6 Å². The molecule has 12 heteroatoms. The summed E-state index contributed by atoms with van der Waals surface area (Å²) in [5, 5.41) is 57.6. The number of rotatable bonds is 0. The zero-order valence-electron chi connectivity index (χ0n) is 27.3. The lowest BCUT2D eigenvalue weighted by Gasteiger charge is -2.42. The Morgan fingerprint density at radius 2 is 1.30 bits per heavy atom. The van der Waals surface area contributed by atoms with Crippen molar-refractivity contribution in [3.63, 3.8) is 0 Å². The summed E-state index contributed by atoms with van der Waals surface area (Å²) in [4.78, 5) is 66.9. The van der Waals surface area contributed by atoms with Crippen LogP contribution in [0.3, 0.4) is 0 Å². The van der Waals surface area contributed by atoms with Crippen LogP contribution in [0.25, 0.3) is 0 Å². The van der Waals surface area contributed by atoms with Crippen molar-refractivity contribution in [2.24, 2.45) is 29.6 Å². The third kappa shape index (κ3) is 6.32. The van der Waals surface area contributed by atoms with Crippen LogP contribution in [0.1, 0.15) is 78.2 Å². The van der Waals surface area contributed by atoms with E-state index < -0.39 is 117 Å². The van der Waals surface area contributed by atoms with Crippen molar-refractivity contribution in [1.82, 2.24) is 5.32 Å². The van der Waals surface area contributed by atoms with Crippen molar-refractivity contribution < 1.29 is 54.2 Å². The van der Waals surface area contributed by atoms with Crippen LogP contribution in [-0.4, -0.2) is 79.2 Å². The lowest BCUT2D eigenvalue weighted by atomic mass is 9.75. The van der Waals surface area contributed by atoms with Gasteiger partial charge >= 0.3 is 5.97 Å². The van der Waals surface area contributed by atoms with Gasteiger partial charge in [0.25, 0.3) is 5.91 Å². The Hall–Kier alpha value is -4.39. The number of Topliss-reactive ketones (excluding diaryl/α,β-unsaturated/α-hetero) is 2. The number of nitrogens with one attached hydrogen (secondary N) is 1. The second kappa shape index (κ2) is 13.4. The van der Waals surface area contributed by atoms with Crippen molar-refractivity contribution in [1.29, 1.82) is 0 Å². The summed E-state index contributed by atoms with van der Waals surface area (Å²) in [6.45, 7) is 10.6. The second-order valence-corrected chi connectivity index (χ2v) is 12.9. The molecule has 1 fully saturated rings. The van der Waals surface area contributed by atoms with E-state index in [0.717, 1.165) is 12.2 Å². The highest BCUT2D eigenvalue weighted by molar-refractivity contribution is 6.31. The van der Waals surface area contributed by atoms with E-state index in [4.69, 9.17) is 4.74 Å². The highest BCUT2D eigenvalue weighted by atomic mass is 16.6. The molecular formula is C35H41NO11. The first-order valence-electron chi connectivity index (χ1n) is 15.4. The molecule has 4 unspecified atom stereocenters. The highest BCUT2D eigenvalue weighted by Crippen LogP contribution is 2.42. The van der Waals surface area contributed by atoms with Gasteiger partial charge in [0.05, 0.1) is 40.7 Å². The number of fused-ring (bicyclic) bond motifs is 1. The van der Waals surface area contributed by atoms with Gasteiger partial charge in [0.1, 0.15) is 23.5 Å². The number of aromatic hydroxyl groups is 2. The fraction of sp³-hybridized carbons (Fsp3) is 0.457. The lowest BCUT2D eigenvalue weighted by molar-refractivity contribution is -0.186. The molecule has 6 rings (SSSR count). The molecule has 12 nitrogen and oxygen atoms in total. The Balaban J connectivity index is 1.88. The molecule has 0 radical (unpaired) electrons. The lowest BCUT2D eigenvalue weighted by Crippen LogP contribution is -2.53. The molecule has 4 heterocycles. The molecule has 1 aromatic rings. The van der Waals surface area contributed by atoms with Gasteiger partial charge < -0.3 is 35.6 Å². The summed E-state index contributed by atoms with van der Waals surface area (Å²) in [5.41, 5.74) is -2.54. The van der Waals surface area contributed by atoms with Crippen LogP contribution < -0.4 is 5.32 Å². The smallest absolute Gasteiger partial charge is 0.315 e. The largest absolute Gasteiger partial charge is 0.507 e. The number of ether oxygens (including phenoxy) is 1. The average molecular weight is 652 g/mol. The molecule has 0 aromatic heterocycles. The number of allylic oxidation sites excluding steroid dienone is 5. The number of carbonyl (C=O) groups excluding carboxylic acids is 5. The first kappa shape index (κ1) is 35.5. The second-order valence-electron chi connectivity index (χ2n) is 12.9. The summed E-state index contributed by atoms with van der Waals surface area (Å²) < 4.78 is 5.70. The maximum Gasteiger partial charge on any atom is 0.315 e. The summed E-state index contributed by atoms with van der Waals surface area (Å²) in [6, 6.07) is 0. The Morgan fingerprint density at radius 3 is 1.91 bits per heavy atom.